The zero-order valence-corrected chi connectivity index (χ0v) is 24.5. The Hall–Kier alpha value is -0.690. The first-order chi connectivity index (χ1) is 18.2. The quantitative estimate of drug-likeness (QED) is 0.466. The first kappa shape index (κ1) is 28.8. The summed E-state index contributed by atoms with van der Waals surface area (Å²) in [5.74, 6) is 2.22. The van der Waals surface area contributed by atoms with Crippen LogP contribution in [-0.4, -0.2) is 81.6 Å². The van der Waals surface area contributed by atoms with E-state index in [0.29, 0.717) is 29.3 Å². The molecular weight excluding hydrogens is 476 g/mol. The number of nitrogens with zero attached hydrogens (tertiary/aromatic N) is 2. The van der Waals surface area contributed by atoms with E-state index in [0.717, 1.165) is 18.3 Å². The van der Waals surface area contributed by atoms with E-state index in [1.54, 1.807) is 6.92 Å². The lowest BCUT2D eigenvalue weighted by molar-refractivity contribution is -0.154. The predicted octanol–water partition coefficient (Wildman–Crippen LogP) is 5.16. The molecule has 0 radical (unpaired) electrons. The van der Waals surface area contributed by atoms with Crippen LogP contribution < -0.4 is 0 Å². The SMILES string of the molecule is CCC(=O)O.C[C@]12C[C@H](N3CCCCC3)[C@@H](O)C[C@@H]1CC[C@@H]1[C@@H]2CC[C@]2(C)[C@@H](O)[C@@H](N3CCCCC3)C[C@@H]12. The average Bonchev–Trinajstić information content (AvgIpc) is 3.20. The van der Waals surface area contributed by atoms with Gasteiger partial charge in [0, 0.05) is 18.5 Å². The third-order valence-electron chi connectivity index (χ3n) is 12.7. The molecule has 38 heavy (non-hydrogen) atoms. The van der Waals surface area contributed by atoms with Crippen LogP contribution in [0.1, 0.15) is 111 Å². The maximum atomic E-state index is 11.6. The zero-order chi connectivity index (χ0) is 27.1. The number of carboxylic acid groups (broad SMARTS) is 1. The molecule has 0 unspecified atom stereocenters. The number of hydrogen-bond donors (Lipinski definition) is 3. The fraction of sp³-hybridized carbons (Fsp3) is 0.969. The lowest BCUT2D eigenvalue weighted by Gasteiger charge is -2.62. The molecule has 0 spiro atoms. The van der Waals surface area contributed by atoms with Gasteiger partial charge < -0.3 is 15.3 Å². The molecule has 6 aliphatic rings. The minimum Gasteiger partial charge on any atom is -0.481 e. The van der Waals surface area contributed by atoms with E-state index in [2.05, 4.69) is 23.6 Å². The van der Waals surface area contributed by atoms with Gasteiger partial charge >= 0.3 is 5.97 Å². The number of aliphatic carboxylic acids is 1. The van der Waals surface area contributed by atoms with Gasteiger partial charge in [0.15, 0.2) is 0 Å². The van der Waals surface area contributed by atoms with E-state index < -0.39 is 5.97 Å². The molecule has 2 heterocycles. The molecule has 2 aliphatic heterocycles. The largest absolute Gasteiger partial charge is 0.481 e. The fourth-order valence-electron chi connectivity index (χ4n) is 10.5. The molecule has 6 heteroatoms. The lowest BCUT2D eigenvalue weighted by atomic mass is 9.44. The van der Waals surface area contributed by atoms with E-state index in [9.17, 15) is 15.0 Å². The zero-order valence-electron chi connectivity index (χ0n) is 24.5. The summed E-state index contributed by atoms with van der Waals surface area (Å²) < 4.78 is 0. The first-order valence-electron chi connectivity index (χ1n) is 16.2. The van der Waals surface area contributed by atoms with Crippen molar-refractivity contribution in [2.75, 3.05) is 26.2 Å². The van der Waals surface area contributed by atoms with Crippen LogP contribution in [0.4, 0.5) is 0 Å². The van der Waals surface area contributed by atoms with Crippen molar-refractivity contribution in [3.8, 4) is 0 Å². The van der Waals surface area contributed by atoms with Crippen LogP contribution in [-0.2, 0) is 4.79 Å². The standard InChI is InChI=1S/C29H50N2O2.C3H6O2/c1-28-12-11-22-21(23(28)18-24(27(28)33)30-13-5-3-6-14-30)10-9-20-17-26(32)25(19-29(20,22)2)31-15-7-4-8-16-31;1-2-3(4)5/h20-27,32-33H,3-19H2,1-2H3;2H2,1H3,(H,4,5)/t20-,21+,22-,23-,24-,25-,26-,27-,28-,29-;/m0./s1. The van der Waals surface area contributed by atoms with Crippen LogP contribution >= 0.6 is 0 Å². The number of carboxylic acids is 1. The average molecular weight is 533 g/mol. The maximum Gasteiger partial charge on any atom is 0.303 e. The number of aliphatic hydroxyl groups excluding tert-OH is 2. The molecule has 0 aromatic carbocycles. The number of fused-ring (bicyclic) bond motifs is 5. The van der Waals surface area contributed by atoms with E-state index in [1.807, 2.05) is 0 Å². The third-order valence-corrected chi connectivity index (χ3v) is 12.7. The van der Waals surface area contributed by atoms with Crippen LogP contribution in [0.2, 0.25) is 0 Å². The Balaban J connectivity index is 0.000000540. The first-order valence-corrected chi connectivity index (χ1v) is 16.2. The normalized spacial score (nSPS) is 47.7. The van der Waals surface area contributed by atoms with Gasteiger partial charge in [-0.15, -0.1) is 0 Å². The van der Waals surface area contributed by atoms with Gasteiger partial charge in [-0.3, -0.25) is 14.6 Å². The molecule has 3 N–H and O–H groups in total. The molecule has 0 bridgehead atoms. The highest BCUT2D eigenvalue weighted by molar-refractivity contribution is 5.66. The van der Waals surface area contributed by atoms with Crippen LogP contribution in [0.15, 0.2) is 0 Å². The Morgan fingerprint density at radius 2 is 1.37 bits per heavy atom. The summed E-state index contributed by atoms with van der Waals surface area (Å²) in [6.45, 7) is 11.5. The van der Waals surface area contributed by atoms with Crippen molar-refractivity contribution in [1.29, 1.82) is 0 Å². The predicted molar refractivity (Wildman–Crippen MR) is 151 cm³/mol. The van der Waals surface area contributed by atoms with Gasteiger partial charge in [0.25, 0.3) is 0 Å². The van der Waals surface area contributed by atoms with Crippen molar-refractivity contribution in [2.45, 2.75) is 135 Å². The second kappa shape index (κ2) is 11.7. The molecule has 0 aromatic heterocycles. The van der Waals surface area contributed by atoms with Crippen molar-refractivity contribution in [1.82, 2.24) is 9.80 Å². The maximum absolute atomic E-state index is 11.6. The third kappa shape index (κ3) is 5.21. The van der Waals surface area contributed by atoms with Crippen molar-refractivity contribution in [3.63, 3.8) is 0 Å². The smallest absolute Gasteiger partial charge is 0.303 e. The second-order valence-corrected chi connectivity index (χ2v) is 14.5. The highest BCUT2D eigenvalue weighted by Crippen LogP contribution is 2.66. The minimum absolute atomic E-state index is 0.118. The Morgan fingerprint density at radius 3 is 1.95 bits per heavy atom. The second-order valence-electron chi connectivity index (χ2n) is 14.5. The van der Waals surface area contributed by atoms with E-state index in [1.165, 1.54) is 103 Å². The van der Waals surface area contributed by atoms with Gasteiger partial charge in [-0.25, -0.2) is 0 Å². The number of carbonyl (C=O) groups is 1. The van der Waals surface area contributed by atoms with Crippen molar-refractivity contribution < 1.29 is 20.1 Å². The molecule has 6 nitrogen and oxygen atoms in total. The van der Waals surface area contributed by atoms with Crippen molar-refractivity contribution >= 4 is 5.97 Å². The summed E-state index contributed by atoms with van der Waals surface area (Å²) in [5.41, 5.74) is 0.493. The monoisotopic (exact) mass is 532 g/mol. The van der Waals surface area contributed by atoms with Gasteiger partial charge in [-0.1, -0.05) is 33.6 Å². The molecular formula is C32H56N2O4. The molecule has 2 saturated heterocycles. The summed E-state index contributed by atoms with van der Waals surface area (Å²) in [6.07, 6.45) is 16.6. The number of likely N-dealkylation sites (tertiary alicyclic amines) is 2. The Morgan fingerprint density at radius 1 is 0.789 bits per heavy atom. The van der Waals surface area contributed by atoms with Gasteiger partial charge in [0.1, 0.15) is 0 Å². The van der Waals surface area contributed by atoms with Crippen molar-refractivity contribution in [2.24, 2.45) is 34.5 Å². The fourth-order valence-corrected chi connectivity index (χ4v) is 10.5. The summed E-state index contributed by atoms with van der Waals surface area (Å²) in [7, 11) is 0. The molecule has 6 rings (SSSR count). The summed E-state index contributed by atoms with van der Waals surface area (Å²) >= 11 is 0. The number of hydrogen-bond acceptors (Lipinski definition) is 5. The highest BCUT2D eigenvalue weighted by Gasteiger charge is 2.63. The molecule has 4 aliphatic carbocycles. The van der Waals surface area contributed by atoms with Crippen LogP contribution in [0.3, 0.4) is 0 Å². The summed E-state index contributed by atoms with van der Waals surface area (Å²) in [5, 5.41) is 30.6. The van der Waals surface area contributed by atoms with E-state index in [4.69, 9.17) is 5.11 Å². The number of piperidine rings is 2. The van der Waals surface area contributed by atoms with E-state index in [-0.39, 0.29) is 24.0 Å². The number of aliphatic hydroxyl groups is 2. The Bertz CT molecular complexity index is 811. The molecule has 10 atom stereocenters. The highest BCUT2D eigenvalue weighted by atomic mass is 16.4. The summed E-state index contributed by atoms with van der Waals surface area (Å²) in [6, 6.07) is 0.785. The van der Waals surface area contributed by atoms with Gasteiger partial charge in [0.2, 0.25) is 0 Å². The van der Waals surface area contributed by atoms with Crippen LogP contribution in [0, 0.1) is 34.5 Å². The Kier molecular flexibility index (Phi) is 8.84. The summed E-state index contributed by atoms with van der Waals surface area (Å²) in [4.78, 5) is 14.7. The molecule has 0 amide bonds. The van der Waals surface area contributed by atoms with Crippen molar-refractivity contribution in [3.05, 3.63) is 0 Å². The number of rotatable bonds is 3. The molecule has 6 fully saturated rings. The van der Waals surface area contributed by atoms with Gasteiger partial charge in [-0.2, -0.15) is 0 Å². The lowest BCUT2D eigenvalue weighted by Crippen LogP contribution is -2.60. The van der Waals surface area contributed by atoms with E-state index >= 15 is 0 Å². The molecule has 0 aromatic rings. The molecule has 218 valence electrons. The van der Waals surface area contributed by atoms with Gasteiger partial charge in [0.05, 0.1) is 12.2 Å². The van der Waals surface area contributed by atoms with Crippen LogP contribution in [0.25, 0.3) is 0 Å². The Labute approximate surface area is 231 Å². The van der Waals surface area contributed by atoms with Crippen LogP contribution in [0.5, 0.6) is 0 Å². The van der Waals surface area contributed by atoms with Gasteiger partial charge in [-0.05, 0) is 131 Å². The topological polar surface area (TPSA) is 84.2 Å². The minimum atomic E-state index is -0.745. The molecule has 4 saturated carbocycles.